The summed E-state index contributed by atoms with van der Waals surface area (Å²) in [6.07, 6.45) is 6.68. The minimum atomic E-state index is -0.620. The molecule has 0 atom stereocenters. The molecule has 0 aliphatic heterocycles. The van der Waals surface area contributed by atoms with Crippen molar-refractivity contribution in [1.29, 1.82) is 0 Å². The Labute approximate surface area is 156 Å². The Balaban J connectivity index is 1.92. The van der Waals surface area contributed by atoms with Gasteiger partial charge in [-0.15, -0.1) is 0 Å². The molecule has 1 aromatic carbocycles. The maximum absolute atomic E-state index is 11.3. The van der Waals surface area contributed by atoms with Gasteiger partial charge in [-0.1, -0.05) is 0 Å². The van der Waals surface area contributed by atoms with Crippen LogP contribution in [0.2, 0.25) is 0 Å². The number of phenols is 1. The molecule has 8 heteroatoms. The van der Waals surface area contributed by atoms with Crippen molar-refractivity contribution in [2.45, 2.75) is 25.7 Å². The molecule has 2 heterocycles. The number of nitro benzene ring substituents is 1. The number of halogens is 1. The summed E-state index contributed by atoms with van der Waals surface area (Å²) in [7, 11) is 0. The zero-order chi connectivity index (χ0) is 18.3. The van der Waals surface area contributed by atoms with Crippen molar-refractivity contribution in [3.63, 3.8) is 0 Å². The molecule has 0 radical (unpaired) electrons. The van der Waals surface area contributed by atoms with Crippen LogP contribution < -0.4 is 0 Å². The van der Waals surface area contributed by atoms with Gasteiger partial charge >= 0.3 is 5.69 Å². The summed E-state index contributed by atoms with van der Waals surface area (Å²) in [4.78, 5) is 19.1. The van der Waals surface area contributed by atoms with Crippen LogP contribution in [0.4, 0.5) is 11.5 Å². The second kappa shape index (κ2) is 6.53. The van der Waals surface area contributed by atoms with E-state index in [1.165, 1.54) is 12.3 Å². The lowest BCUT2D eigenvalue weighted by molar-refractivity contribution is -0.385. The lowest BCUT2D eigenvalue weighted by Crippen LogP contribution is -2.00. The van der Waals surface area contributed by atoms with Crippen molar-refractivity contribution in [2.75, 3.05) is 0 Å². The molecule has 1 N–H and O–H groups in total. The minimum Gasteiger partial charge on any atom is -0.502 e. The second-order valence-corrected chi connectivity index (χ2v) is 7.01. The van der Waals surface area contributed by atoms with E-state index in [1.807, 2.05) is 0 Å². The number of fused-ring (bicyclic) bond motifs is 3. The van der Waals surface area contributed by atoms with Gasteiger partial charge in [-0.25, -0.2) is 9.98 Å². The molecule has 2 aromatic heterocycles. The highest BCUT2D eigenvalue weighted by molar-refractivity contribution is 9.10. The van der Waals surface area contributed by atoms with Crippen molar-refractivity contribution in [2.24, 2.45) is 4.99 Å². The van der Waals surface area contributed by atoms with Gasteiger partial charge in [0.1, 0.15) is 11.3 Å². The molecule has 0 unspecified atom stereocenters. The van der Waals surface area contributed by atoms with Crippen molar-refractivity contribution in [1.82, 2.24) is 4.98 Å². The largest absolute Gasteiger partial charge is 0.502 e. The van der Waals surface area contributed by atoms with E-state index in [4.69, 9.17) is 4.42 Å². The number of rotatable bonds is 3. The summed E-state index contributed by atoms with van der Waals surface area (Å²) in [5, 5.41) is 22.5. The topological polar surface area (TPSA) is 102 Å². The highest BCUT2D eigenvalue weighted by Crippen LogP contribution is 2.41. The fourth-order valence-corrected chi connectivity index (χ4v) is 3.51. The molecule has 0 saturated carbocycles. The average Bonchev–Trinajstić information content (AvgIpc) is 3.00. The van der Waals surface area contributed by atoms with Crippen LogP contribution in [-0.4, -0.2) is 21.2 Å². The number of nitro groups is 1. The molecular weight excluding hydrogens is 402 g/mol. The van der Waals surface area contributed by atoms with Crippen molar-refractivity contribution < 1.29 is 14.4 Å². The Bertz CT molecular complexity index is 1040. The molecule has 0 bridgehead atoms. The van der Waals surface area contributed by atoms with Crippen molar-refractivity contribution >= 4 is 44.6 Å². The molecule has 3 aromatic rings. The first-order chi connectivity index (χ1) is 12.5. The number of benzene rings is 1. The lowest BCUT2D eigenvalue weighted by Gasteiger charge is -2.10. The highest BCUT2D eigenvalue weighted by Gasteiger charge is 2.27. The number of aromatic hydroxyl groups is 1. The summed E-state index contributed by atoms with van der Waals surface area (Å²) in [5.74, 6) is 0.865. The number of pyridine rings is 1. The lowest BCUT2D eigenvalue weighted by atomic mass is 9.93. The van der Waals surface area contributed by atoms with E-state index in [0.717, 1.165) is 41.5 Å². The molecule has 0 saturated heterocycles. The number of aliphatic imine (C=N–C) groups is 1. The Kier molecular flexibility index (Phi) is 4.20. The zero-order valence-electron chi connectivity index (χ0n) is 13.6. The SMILES string of the molecule is O=[N+]([O-])c1cc2oc3c(c2c(C=Nc2ccc(Br)cn2)c1O)CCCC3. The molecule has 1 aliphatic rings. The molecule has 0 fully saturated rings. The molecule has 26 heavy (non-hydrogen) atoms. The molecule has 4 rings (SSSR count). The van der Waals surface area contributed by atoms with E-state index >= 15 is 0 Å². The third-order valence-electron chi connectivity index (χ3n) is 4.47. The summed E-state index contributed by atoms with van der Waals surface area (Å²) in [6.45, 7) is 0. The van der Waals surface area contributed by atoms with Gasteiger partial charge in [-0.3, -0.25) is 10.1 Å². The summed E-state index contributed by atoms with van der Waals surface area (Å²) in [5.41, 5.74) is 1.31. The van der Waals surface area contributed by atoms with E-state index in [2.05, 4.69) is 25.9 Å². The second-order valence-electron chi connectivity index (χ2n) is 6.09. The number of nitrogens with zero attached hydrogens (tertiary/aromatic N) is 3. The number of hydrogen-bond acceptors (Lipinski definition) is 6. The Morgan fingerprint density at radius 2 is 2.15 bits per heavy atom. The van der Waals surface area contributed by atoms with Gasteiger partial charge in [0.2, 0.25) is 5.75 Å². The van der Waals surface area contributed by atoms with E-state index in [0.29, 0.717) is 22.4 Å². The van der Waals surface area contributed by atoms with Gasteiger partial charge in [-0.2, -0.15) is 0 Å². The van der Waals surface area contributed by atoms with Crippen LogP contribution in [-0.2, 0) is 12.8 Å². The smallest absolute Gasteiger partial charge is 0.315 e. The normalized spacial score (nSPS) is 14.0. The quantitative estimate of drug-likeness (QED) is 0.374. The van der Waals surface area contributed by atoms with Crippen LogP contribution in [0.15, 0.2) is 38.3 Å². The Morgan fingerprint density at radius 1 is 1.35 bits per heavy atom. The molecule has 0 spiro atoms. The average molecular weight is 416 g/mol. The summed E-state index contributed by atoms with van der Waals surface area (Å²) >= 11 is 3.31. The maximum atomic E-state index is 11.3. The van der Waals surface area contributed by atoms with Crippen LogP contribution in [0.5, 0.6) is 5.75 Å². The van der Waals surface area contributed by atoms with Crippen LogP contribution in [0.25, 0.3) is 11.0 Å². The standard InChI is InChI=1S/C18H14BrN3O4/c19-10-5-6-16(20-8-10)21-9-12-17-11-3-1-2-4-14(11)26-15(17)7-13(18(12)23)22(24)25/h5-9,23H,1-4H2. The molecular formula is C18H14BrN3O4. The van der Waals surface area contributed by atoms with Crippen molar-refractivity contribution in [3.8, 4) is 5.75 Å². The van der Waals surface area contributed by atoms with Crippen LogP contribution >= 0.6 is 15.9 Å². The predicted molar refractivity (Wildman–Crippen MR) is 100 cm³/mol. The van der Waals surface area contributed by atoms with Crippen LogP contribution in [0.1, 0.15) is 29.7 Å². The van der Waals surface area contributed by atoms with E-state index in [1.54, 1.807) is 18.3 Å². The third kappa shape index (κ3) is 2.86. The first-order valence-corrected chi connectivity index (χ1v) is 8.94. The number of furan rings is 1. The molecule has 0 amide bonds. The maximum Gasteiger partial charge on any atom is 0.315 e. The van der Waals surface area contributed by atoms with Gasteiger partial charge in [0.15, 0.2) is 5.82 Å². The van der Waals surface area contributed by atoms with Gasteiger partial charge in [0.05, 0.1) is 16.6 Å². The van der Waals surface area contributed by atoms with Gasteiger partial charge < -0.3 is 9.52 Å². The molecule has 1 aliphatic carbocycles. The molecule has 132 valence electrons. The Morgan fingerprint density at radius 3 is 2.88 bits per heavy atom. The van der Waals surface area contributed by atoms with Crippen LogP contribution in [0.3, 0.4) is 0 Å². The monoisotopic (exact) mass is 415 g/mol. The van der Waals surface area contributed by atoms with Gasteiger partial charge in [-0.05, 0) is 47.3 Å². The fourth-order valence-electron chi connectivity index (χ4n) is 3.27. The van der Waals surface area contributed by atoms with E-state index in [9.17, 15) is 15.2 Å². The first kappa shape index (κ1) is 16.7. The molecule has 7 nitrogen and oxygen atoms in total. The zero-order valence-corrected chi connectivity index (χ0v) is 15.2. The van der Waals surface area contributed by atoms with E-state index < -0.39 is 16.4 Å². The highest BCUT2D eigenvalue weighted by atomic mass is 79.9. The van der Waals surface area contributed by atoms with E-state index in [-0.39, 0.29) is 0 Å². The van der Waals surface area contributed by atoms with Crippen LogP contribution in [0, 0.1) is 10.1 Å². The number of aromatic nitrogens is 1. The summed E-state index contributed by atoms with van der Waals surface area (Å²) < 4.78 is 6.67. The Hall–Kier alpha value is -2.74. The van der Waals surface area contributed by atoms with Gasteiger partial charge in [0.25, 0.3) is 0 Å². The van der Waals surface area contributed by atoms with Gasteiger partial charge in [0, 0.05) is 34.3 Å². The summed E-state index contributed by atoms with van der Waals surface area (Å²) in [6, 6.07) is 4.79. The third-order valence-corrected chi connectivity index (χ3v) is 4.94. The number of aryl methyl sites for hydroxylation is 2. The first-order valence-electron chi connectivity index (χ1n) is 8.15. The number of hydrogen-bond donors (Lipinski definition) is 1. The fraction of sp³-hybridized carbons (Fsp3) is 0.222. The number of phenolic OH excluding ortho intramolecular Hbond substituents is 1. The predicted octanol–water partition coefficient (Wildman–Crippen LogP) is 4.83. The minimum absolute atomic E-state index is 0.297. The van der Waals surface area contributed by atoms with Crippen molar-refractivity contribution in [3.05, 3.63) is 55.9 Å².